The molecule has 0 aliphatic carbocycles. The van der Waals surface area contributed by atoms with Gasteiger partial charge < -0.3 is 24.9 Å². The van der Waals surface area contributed by atoms with Gasteiger partial charge in [-0.05, 0) is 74.1 Å². The summed E-state index contributed by atoms with van der Waals surface area (Å²) < 4.78 is 4.86. The van der Waals surface area contributed by atoms with Gasteiger partial charge in [0.1, 0.15) is 5.56 Å². The summed E-state index contributed by atoms with van der Waals surface area (Å²) in [6, 6.07) is 5.70. The summed E-state index contributed by atoms with van der Waals surface area (Å²) in [5, 5.41) is 20.9. The van der Waals surface area contributed by atoms with E-state index in [4.69, 9.17) is 9.72 Å². The van der Waals surface area contributed by atoms with Crippen LogP contribution in [0.3, 0.4) is 0 Å². The molecule has 2 aliphatic rings. The molecular weight excluding hydrogens is 560 g/mol. The number of carbonyl (C=O) groups is 3. The van der Waals surface area contributed by atoms with Crippen molar-refractivity contribution in [1.29, 1.82) is 0 Å². The smallest absolute Gasteiger partial charge is 0.339 e. The van der Waals surface area contributed by atoms with E-state index in [-0.39, 0.29) is 41.3 Å². The normalized spacial score (nSPS) is 16.2. The van der Waals surface area contributed by atoms with Crippen molar-refractivity contribution >= 4 is 57.2 Å². The average molecular weight is 597 g/mol. The molecule has 0 spiro atoms. The molecule has 8 bridgehead atoms. The fourth-order valence-corrected chi connectivity index (χ4v) is 6.42. The number of fused-ring (bicyclic) bond motifs is 8. The molecule has 0 saturated carbocycles. The number of carbonyl (C=O) groups excluding carboxylic acids is 1. The molecule has 2 atom stereocenters. The number of carboxylic acids is 2. The molecule has 10 heteroatoms. The largest absolute Gasteiger partial charge is 0.478 e. The van der Waals surface area contributed by atoms with Crippen molar-refractivity contribution in [2.24, 2.45) is 0 Å². The maximum atomic E-state index is 13.0. The van der Waals surface area contributed by atoms with E-state index in [1.807, 2.05) is 39.8 Å². The van der Waals surface area contributed by atoms with Crippen LogP contribution < -0.4 is 0 Å². The minimum absolute atomic E-state index is 0.0400. The van der Waals surface area contributed by atoms with Crippen LogP contribution in [0.25, 0.3) is 39.3 Å². The minimum Gasteiger partial charge on any atom is -0.478 e. The van der Waals surface area contributed by atoms with Crippen LogP contribution in [-0.2, 0) is 20.7 Å². The number of aromatic amines is 2. The number of hydrogen-bond donors (Lipinski definition) is 4. The minimum atomic E-state index is -1.35. The number of aromatic nitrogens is 4. The predicted octanol–water partition coefficient (Wildman–Crippen LogP) is 6.69. The van der Waals surface area contributed by atoms with E-state index in [1.165, 1.54) is 7.11 Å². The van der Waals surface area contributed by atoms with Crippen molar-refractivity contribution in [1.82, 2.24) is 19.9 Å². The number of aryl methyl sites for hydroxylation is 3. The highest BCUT2D eigenvalue weighted by atomic mass is 16.5. The summed E-state index contributed by atoms with van der Waals surface area (Å²) in [7, 11) is 1.30. The van der Waals surface area contributed by atoms with E-state index in [2.05, 4.69) is 21.5 Å². The number of nitrogens with one attached hydrogen (secondary N) is 2. The van der Waals surface area contributed by atoms with Crippen LogP contribution in [-0.4, -0.2) is 55.2 Å². The molecule has 0 aromatic carbocycles. The van der Waals surface area contributed by atoms with Crippen molar-refractivity contribution in [3.63, 3.8) is 0 Å². The third kappa shape index (κ3) is 5.00. The van der Waals surface area contributed by atoms with E-state index in [1.54, 1.807) is 19.1 Å². The molecule has 5 heterocycles. The van der Waals surface area contributed by atoms with Crippen LogP contribution >= 0.6 is 0 Å². The Kier molecular flexibility index (Phi) is 8.03. The number of H-pyrrole nitrogens is 2. The lowest BCUT2D eigenvalue weighted by Gasteiger charge is -2.17. The SMILES string of the molecule is C=Cc1c(C)c2cc3nc(c(C(=O)O)c4nc(cc5[nH]c(cc1[nH]2)c(C)c5CC)C(C)=C4C(=O)O)[C@@H](CCC(=O)OC)[C@@H]3C. The highest BCUT2D eigenvalue weighted by Gasteiger charge is 2.37. The zero-order valence-electron chi connectivity index (χ0n) is 25.7. The molecule has 5 rings (SSSR count). The Labute approximate surface area is 254 Å². The van der Waals surface area contributed by atoms with Crippen molar-refractivity contribution in [2.45, 2.75) is 65.7 Å². The van der Waals surface area contributed by atoms with E-state index >= 15 is 0 Å². The highest BCUT2D eigenvalue weighted by molar-refractivity contribution is 6.26. The molecule has 3 aromatic heterocycles. The van der Waals surface area contributed by atoms with Gasteiger partial charge in [0.25, 0.3) is 0 Å². The fraction of sp³-hybridized carbons (Fsp3) is 0.324. The molecule has 228 valence electrons. The number of hydrogen-bond acceptors (Lipinski definition) is 6. The number of nitrogens with zero attached hydrogens (tertiary/aromatic N) is 2. The molecular formula is C34H36N4O6. The highest BCUT2D eigenvalue weighted by Crippen LogP contribution is 2.43. The van der Waals surface area contributed by atoms with Gasteiger partial charge in [0.05, 0.1) is 29.8 Å². The predicted molar refractivity (Wildman–Crippen MR) is 169 cm³/mol. The van der Waals surface area contributed by atoms with Crippen molar-refractivity contribution < 1.29 is 29.3 Å². The molecule has 0 fully saturated rings. The second-order valence-corrected chi connectivity index (χ2v) is 11.3. The van der Waals surface area contributed by atoms with E-state index in [9.17, 15) is 24.6 Å². The molecule has 3 aromatic rings. The van der Waals surface area contributed by atoms with Gasteiger partial charge in [-0.3, -0.25) is 9.78 Å². The Balaban J connectivity index is 2.02. The number of aromatic carboxylic acids is 1. The summed E-state index contributed by atoms with van der Waals surface area (Å²) in [6.45, 7) is 13.6. The number of carboxylic acid groups (broad SMARTS) is 2. The first kappa shape index (κ1) is 30.5. The van der Waals surface area contributed by atoms with Gasteiger partial charge in [-0.1, -0.05) is 26.5 Å². The summed E-state index contributed by atoms with van der Waals surface area (Å²) in [5.41, 5.74) is 8.09. The van der Waals surface area contributed by atoms with Crippen molar-refractivity contribution in [2.75, 3.05) is 7.11 Å². The second kappa shape index (κ2) is 11.6. The molecule has 10 nitrogen and oxygen atoms in total. The standard InChI is InChI=1S/C34H36N4O6/c1-8-19-15(3)22-12-24-17(5)21(10-11-28(39)44-7)31(37-24)30(34(42)43)32-29(33(40)41)18(6)25(38-32)14-27-20(9-2)16(4)23(36-27)13-26(19)35-22/h8,12-14,17,21,35-36H,1,9-11H2,2-7H3,(H,40,41)(H,42,43)/t17-,21-/m0/s1. The molecule has 0 unspecified atom stereocenters. The lowest BCUT2D eigenvalue weighted by Crippen LogP contribution is -2.14. The van der Waals surface area contributed by atoms with Crippen LogP contribution in [0.1, 0.15) is 101 Å². The number of rotatable bonds is 7. The molecule has 2 aliphatic heterocycles. The summed E-state index contributed by atoms with van der Waals surface area (Å²) in [4.78, 5) is 54.3. The monoisotopic (exact) mass is 596 g/mol. The van der Waals surface area contributed by atoms with Gasteiger partial charge in [-0.25, -0.2) is 14.6 Å². The Morgan fingerprint density at radius 3 is 2.27 bits per heavy atom. The number of aliphatic carboxylic acids is 1. The first-order chi connectivity index (χ1) is 20.9. The molecule has 44 heavy (non-hydrogen) atoms. The number of esters is 1. The maximum Gasteiger partial charge on any atom is 0.339 e. The lowest BCUT2D eigenvalue weighted by atomic mass is 9.85. The average Bonchev–Trinajstić information content (AvgIpc) is 3.65. The van der Waals surface area contributed by atoms with Gasteiger partial charge >= 0.3 is 17.9 Å². The zero-order chi connectivity index (χ0) is 32.0. The molecule has 0 amide bonds. The Hall–Kier alpha value is -4.99. The van der Waals surface area contributed by atoms with E-state index in [0.717, 1.165) is 44.3 Å². The van der Waals surface area contributed by atoms with Gasteiger partial charge in [0.2, 0.25) is 0 Å². The summed E-state index contributed by atoms with van der Waals surface area (Å²) in [6.07, 6.45) is 2.80. The summed E-state index contributed by atoms with van der Waals surface area (Å²) >= 11 is 0. The van der Waals surface area contributed by atoms with Crippen molar-refractivity contribution in [3.05, 3.63) is 75.4 Å². The van der Waals surface area contributed by atoms with Crippen LogP contribution in [0, 0.1) is 13.8 Å². The first-order valence-electron chi connectivity index (χ1n) is 14.6. The second-order valence-electron chi connectivity index (χ2n) is 11.3. The molecule has 0 saturated heterocycles. The Bertz CT molecular complexity index is 1940. The van der Waals surface area contributed by atoms with Crippen LogP contribution in [0.5, 0.6) is 0 Å². The van der Waals surface area contributed by atoms with Gasteiger partial charge in [0.15, 0.2) is 0 Å². The van der Waals surface area contributed by atoms with Gasteiger partial charge in [0, 0.05) is 51.6 Å². The molecule has 4 N–H and O–H groups in total. The maximum absolute atomic E-state index is 13.0. The van der Waals surface area contributed by atoms with Crippen molar-refractivity contribution in [3.8, 4) is 0 Å². The van der Waals surface area contributed by atoms with Crippen LogP contribution in [0.15, 0.2) is 24.8 Å². The van der Waals surface area contributed by atoms with Crippen LogP contribution in [0.2, 0.25) is 0 Å². The van der Waals surface area contributed by atoms with Gasteiger partial charge in [-0.15, -0.1) is 0 Å². The van der Waals surface area contributed by atoms with E-state index < -0.39 is 23.8 Å². The third-order valence-electron chi connectivity index (χ3n) is 8.95. The van der Waals surface area contributed by atoms with E-state index in [0.29, 0.717) is 23.4 Å². The number of methoxy groups -OCH3 is 1. The van der Waals surface area contributed by atoms with Crippen LogP contribution in [0.4, 0.5) is 0 Å². The first-order valence-corrected chi connectivity index (χ1v) is 14.6. The Morgan fingerprint density at radius 1 is 0.977 bits per heavy atom. The fourth-order valence-electron chi connectivity index (χ4n) is 6.42. The molecule has 0 radical (unpaired) electrons. The quantitative estimate of drug-likeness (QED) is 0.220. The third-order valence-corrected chi connectivity index (χ3v) is 8.95. The lowest BCUT2D eigenvalue weighted by molar-refractivity contribution is -0.140. The topological polar surface area (TPSA) is 158 Å². The number of ether oxygens (including phenoxy) is 1. The zero-order valence-corrected chi connectivity index (χ0v) is 25.7. The summed E-state index contributed by atoms with van der Waals surface area (Å²) in [5.74, 6) is -3.86. The van der Waals surface area contributed by atoms with Gasteiger partial charge in [-0.2, -0.15) is 0 Å². The number of allylic oxidation sites excluding steroid dienone is 1. The Morgan fingerprint density at radius 2 is 1.66 bits per heavy atom.